The Balaban J connectivity index is 1.35. The van der Waals surface area contributed by atoms with Crippen molar-refractivity contribution >= 4 is 11.7 Å². The maximum absolute atomic E-state index is 12.8. The number of piperidine rings is 1. The third-order valence-corrected chi connectivity index (χ3v) is 5.35. The van der Waals surface area contributed by atoms with E-state index in [1.54, 1.807) is 23.1 Å². The van der Waals surface area contributed by atoms with Crippen LogP contribution in [0.25, 0.3) is 0 Å². The molecule has 1 aromatic carbocycles. The molecule has 1 aliphatic carbocycles. The molecule has 0 unspecified atom stereocenters. The fourth-order valence-corrected chi connectivity index (χ4v) is 3.71. The minimum atomic E-state index is -0.723. The van der Waals surface area contributed by atoms with Crippen molar-refractivity contribution in [3.63, 3.8) is 0 Å². The van der Waals surface area contributed by atoms with Gasteiger partial charge in [-0.05, 0) is 31.0 Å². The number of fused-ring (bicyclic) bond motifs is 1. The monoisotopic (exact) mass is 360 g/mol. The van der Waals surface area contributed by atoms with Gasteiger partial charge in [0, 0.05) is 35.9 Å². The average Bonchev–Trinajstić information content (AvgIpc) is 3.48. The van der Waals surface area contributed by atoms with E-state index in [1.807, 2.05) is 0 Å². The first-order valence-corrected chi connectivity index (χ1v) is 8.90. The summed E-state index contributed by atoms with van der Waals surface area (Å²) in [7, 11) is 0. The molecule has 0 aromatic heterocycles. The zero-order valence-corrected chi connectivity index (χ0v) is 14.3. The second-order valence-electron chi connectivity index (χ2n) is 7.02. The summed E-state index contributed by atoms with van der Waals surface area (Å²) in [6.45, 7) is 1.92. The van der Waals surface area contributed by atoms with E-state index in [0.717, 1.165) is 0 Å². The Labute approximate surface area is 150 Å². The fraction of sp³-hybridized carbons (Fsp3) is 0.556. The lowest BCUT2D eigenvalue weighted by atomic mass is 9.88. The number of Topliss-reactive ketones (excluding diaryl/α,β-unsaturated/α-hetero) is 1. The van der Waals surface area contributed by atoms with Crippen LogP contribution in [0, 0.1) is 22.0 Å². The maximum atomic E-state index is 12.8. The number of nitrogens with zero attached hydrogens (tertiary/aromatic N) is 2. The minimum absolute atomic E-state index is 0.0451. The molecule has 2 aliphatic heterocycles. The number of likely N-dealkylation sites (tertiary alicyclic amines) is 1. The number of benzene rings is 1. The van der Waals surface area contributed by atoms with Gasteiger partial charge in [0.1, 0.15) is 19.1 Å². The number of hydrogen-bond donors (Lipinski definition) is 0. The second kappa shape index (κ2) is 6.59. The molecule has 0 bridgehead atoms. The average molecular weight is 360 g/mol. The third-order valence-electron chi connectivity index (χ3n) is 5.35. The highest BCUT2D eigenvalue weighted by Gasteiger charge is 2.54. The lowest BCUT2D eigenvalue weighted by molar-refractivity contribution is -0.497. The van der Waals surface area contributed by atoms with Crippen LogP contribution in [-0.2, 0) is 4.79 Å². The van der Waals surface area contributed by atoms with Gasteiger partial charge in [-0.25, -0.2) is 0 Å². The van der Waals surface area contributed by atoms with Crippen LogP contribution in [0.15, 0.2) is 18.2 Å². The molecular weight excluding hydrogens is 340 g/mol. The van der Waals surface area contributed by atoms with Crippen molar-refractivity contribution in [1.29, 1.82) is 0 Å². The first-order valence-electron chi connectivity index (χ1n) is 8.90. The second-order valence-corrected chi connectivity index (χ2v) is 7.02. The van der Waals surface area contributed by atoms with Crippen molar-refractivity contribution < 1.29 is 24.0 Å². The van der Waals surface area contributed by atoms with Crippen LogP contribution in [0.1, 0.15) is 29.6 Å². The molecule has 1 saturated heterocycles. The summed E-state index contributed by atoms with van der Waals surface area (Å²) in [4.78, 5) is 37.1. The Bertz CT molecular complexity index is 756. The summed E-state index contributed by atoms with van der Waals surface area (Å²) in [5, 5.41) is 10.7. The lowest BCUT2D eigenvalue weighted by Gasteiger charge is -2.31. The van der Waals surface area contributed by atoms with Crippen molar-refractivity contribution in [1.82, 2.24) is 4.90 Å². The third kappa shape index (κ3) is 3.11. The van der Waals surface area contributed by atoms with Crippen LogP contribution in [0.5, 0.6) is 11.5 Å². The van der Waals surface area contributed by atoms with Gasteiger partial charge >= 0.3 is 0 Å². The molecule has 8 nitrogen and oxygen atoms in total. The number of carbonyl (C=O) groups is 2. The first kappa shape index (κ1) is 16.8. The molecule has 0 N–H and O–H groups in total. The summed E-state index contributed by atoms with van der Waals surface area (Å²) in [5.74, 6) is 0.523. The molecule has 3 aliphatic rings. The van der Waals surface area contributed by atoms with Gasteiger partial charge in [0.25, 0.3) is 0 Å². The molecule has 138 valence electrons. The molecule has 26 heavy (non-hydrogen) atoms. The predicted molar refractivity (Wildman–Crippen MR) is 90.0 cm³/mol. The zero-order chi connectivity index (χ0) is 18.3. The minimum Gasteiger partial charge on any atom is -0.486 e. The zero-order valence-electron chi connectivity index (χ0n) is 14.3. The van der Waals surface area contributed by atoms with E-state index in [9.17, 15) is 19.7 Å². The van der Waals surface area contributed by atoms with Crippen LogP contribution < -0.4 is 9.47 Å². The van der Waals surface area contributed by atoms with E-state index in [4.69, 9.17) is 9.47 Å². The number of carbonyl (C=O) groups excluding carboxylic acids is 2. The topological polar surface area (TPSA) is 99.0 Å². The van der Waals surface area contributed by atoms with Crippen molar-refractivity contribution in [2.75, 3.05) is 26.3 Å². The van der Waals surface area contributed by atoms with Gasteiger partial charge in [0.05, 0.1) is 0 Å². The number of rotatable bonds is 4. The summed E-state index contributed by atoms with van der Waals surface area (Å²) < 4.78 is 11.0. The van der Waals surface area contributed by atoms with Crippen LogP contribution in [0.3, 0.4) is 0 Å². The van der Waals surface area contributed by atoms with Gasteiger partial charge in [0.15, 0.2) is 17.3 Å². The Morgan fingerprint density at radius 2 is 1.81 bits per heavy atom. The van der Waals surface area contributed by atoms with Gasteiger partial charge in [-0.15, -0.1) is 0 Å². The molecule has 4 rings (SSSR count). The van der Waals surface area contributed by atoms with E-state index in [0.29, 0.717) is 62.6 Å². The molecule has 1 amide bonds. The number of amides is 1. The summed E-state index contributed by atoms with van der Waals surface area (Å²) in [5.41, 5.74) is 0.592. The highest BCUT2D eigenvalue weighted by Crippen LogP contribution is 2.36. The van der Waals surface area contributed by atoms with E-state index >= 15 is 0 Å². The molecule has 2 heterocycles. The van der Waals surface area contributed by atoms with Crippen LogP contribution in [-0.4, -0.2) is 53.9 Å². The van der Waals surface area contributed by atoms with Gasteiger partial charge in [-0.1, -0.05) is 0 Å². The predicted octanol–water partition coefficient (Wildman–Crippen LogP) is 1.54. The van der Waals surface area contributed by atoms with Gasteiger partial charge in [0.2, 0.25) is 11.9 Å². The number of nitro groups is 1. The molecule has 0 spiro atoms. The fourth-order valence-electron chi connectivity index (χ4n) is 3.71. The summed E-state index contributed by atoms with van der Waals surface area (Å²) in [6, 6.07) is 4.50. The molecular formula is C18H20N2O6. The Morgan fingerprint density at radius 1 is 1.12 bits per heavy atom. The van der Waals surface area contributed by atoms with Crippen molar-refractivity contribution in [2.24, 2.45) is 11.8 Å². The largest absolute Gasteiger partial charge is 0.486 e. The van der Waals surface area contributed by atoms with E-state index in [2.05, 4.69) is 0 Å². The van der Waals surface area contributed by atoms with Gasteiger partial charge in [-0.2, -0.15) is 0 Å². The molecule has 0 radical (unpaired) electrons. The summed E-state index contributed by atoms with van der Waals surface area (Å²) in [6.07, 6.45) is 1.49. The summed E-state index contributed by atoms with van der Waals surface area (Å²) >= 11 is 0. The van der Waals surface area contributed by atoms with Gasteiger partial charge in [-0.3, -0.25) is 19.7 Å². The van der Waals surface area contributed by atoms with Crippen LogP contribution >= 0.6 is 0 Å². The molecule has 2 atom stereocenters. The van der Waals surface area contributed by atoms with Crippen LogP contribution in [0.4, 0.5) is 0 Å². The quantitative estimate of drug-likeness (QED) is 0.459. The van der Waals surface area contributed by atoms with Gasteiger partial charge < -0.3 is 14.4 Å². The number of ketones is 1. The normalized spacial score (nSPS) is 24.8. The molecule has 8 heteroatoms. The maximum Gasteiger partial charge on any atom is 0.232 e. The highest BCUT2D eigenvalue weighted by atomic mass is 16.6. The van der Waals surface area contributed by atoms with E-state index in [1.165, 1.54) is 0 Å². The van der Waals surface area contributed by atoms with E-state index < -0.39 is 12.0 Å². The van der Waals surface area contributed by atoms with Crippen LogP contribution in [0.2, 0.25) is 0 Å². The smallest absolute Gasteiger partial charge is 0.232 e. The Hall–Kier alpha value is -2.64. The van der Waals surface area contributed by atoms with Crippen molar-refractivity contribution in [3.05, 3.63) is 33.9 Å². The highest BCUT2D eigenvalue weighted by molar-refractivity contribution is 5.98. The number of hydrogen-bond acceptors (Lipinski definition) is 6. The molecule has 1 aromatic rings. The lowest BCUT2D eigenvalue weighted by Crippen LogP contribution is -2.41. The molecule has 2 fully saturated rings. The first-order chi connectivity index (χ1) is 12.5. The molecule has 1 saturated carbocycles. The number of ether oxygens (including phenoxy) is 2. The van der Waals surface area contributed by atoms with E-state index in [-0.39, 0.29) is 22.5 Å². The SMILES string of the molecule is O=C(c1ccc2c(c1)OCCO2)C1CCN(C(=O)[C@@H]2C[C@@H]2[N+](=O)[O-])CC1. The Kier molecular flexibility index (Phi) is 4.26. The van der Waals surface area contributed by atoms with Crippen molar-refractivity contribution in [2.45, 2.75) is 25.3 Å². The standard InChI is InChI=1S/C18H20N2O6/c21-17(12-1-2-15-16(9-12)26-8-7-25-15)11-3-5-19(6-4-11)18(22)13-10-14(13)20(23)24/h1-2,9,11,13-14H,3-8,10H2/t13-,14+/m1/s1. The van der Waals surface area contributed by atoms with Crippen molar-refractivity contribution in [3.8, 4) is 11.5 Å². The Morgan fingerprint density at radius 3 is 2.46 bits per heavy atom.